The summed E-state index contributed by atoms with van der Waals surface area (Å²) in [5.41, 5.74) is 0.453. The molecule has 1 N–H and O–H groups in total. The third-order valence-corrected chi connectivity index (χ3v) is 3.77. The predicted octanol–water partition coefficient (Wildman–Crippen LogP) is 2.83. The van der Waals surface area contributed by atoms with Crippen LogP contribution in [0.4, 0.5) is 0 Å². The van der Waals surface area contributed by atoms with Gasteiger partial charge in [-0.2, -0.15) is 0 Å². The fourth-order valence-electron chi connectivity index (χ4n) is 2.61. The zero-order valence-corrected chi connectivity index (χ0v) is 10.6. The molecule has 1 saturated carbocycles. The van der Waals surface area contributed by atoms with E-state index < -0.39 is 0 Å². The van der Waals surface area contributed by atoms with E-state index >= 15 is 0 Å². The van der Waals surface area contributed by atoms with Crippen LogP contribution in [0, 0.1) is 11.3 Å². The molecule has 0 bridgehead atoms. The van der Waals surface area contributed by atoms with Crippen molar-refractivity contribution >= 4 is 0 Å². The first kappa shape index (κ1) is 13.0. The Morgan fingerprint density at radius 1 is 1.20 bits per heavy atom. The highest BCUT2D eigenvalue weighted by Crippen LogP contribution is 2.37. The minimum Gasteiger partial charge on any atom is -0.383 e. The highest BCUT2D eigenvalue weighted by atomic mass is 16.5. The minimum atomic E-state index is 0.453. The van der Waals surface area contributed by atoms with Crippen molar-refractivity contribution < 1.29 is 4.74 Å². The second-order valence-corrected chi connectivity index (χ2v) is 5.49. The van der Waals surface area contributed by atoms with Crippen molar-refractivity contribution in [3.63, 3.8) is 0 Å². The first-order valence-corrected chi connectivity index (χ1v) is 6.36. The van der Waals surface area contributed by atoms with Gasteiger partial charge in [0, 0.05) is 20.2 Å². The Balaban J connectivity index is 2.23. The minimum absolute atomic E-state index is 0.453. The molecule has 0 saturated heterocycles. The molecule has 0 aromatic carbocycles. The van der Waals surface area contributed by atoms with Gasteiger partial charge in [0.15, 0.2) is 0 Å². The Labute approximate surface area is 94.8 Å². The number of rotatable bonds is 6. The molecule has 2 nitrogen and oxygen atoms in total. The van der Waals surface area contributed by atoms with Crippen LogP contribution >= 0.6 is 0 Å². The van der Waals surface area contributed by atoms with Crippen LogP contribution in [0.2, 0.25) is 0 Å². The lowest BCUT2D eigenvalue weighted by Crippen LogP contribution is -2.37. The lowest BCUT2D eigenvalue weighted by molar-refractivity contribution is 0.145. The van der Waals surface area contributed by atoms with Crippen molar-refractivity contribution in [1.29, 1.82) is 0 Å². The molecule has 1 aliphatic carbocycles. The van der Waals surface area contributed by atoms with Crippen LogP contribution in [0.5, 0.6) is 0 Å². The number of ether oxygens (including phenoxy) is 1. The number of methoxy groups -OCH3 is 1. The maximum absolute atomic E-state index is 5.04. The number of hydrogen-bond donors (Lipinski definition) is 1. The fraction of sp³-hybridized carbons (Fsp3) is 1.00. The molecule has 15 heavy (non-hydrogen) atoms. The summed E-state index contributed by atoms with van der Waals surface area (Å²) in [5.74, 6) is 0.918. The molecule has 0 unspecified atom stereocenters. The normalized spacial score (nSPS) is 19.4. The first-order valence-electron chi connectivity index (χ1n) is 6.36. The van der Waals surface area contributed by atoms with Crippen molar-refractivity contribution in [3.05, 3.63) is 0 Å². The fourth-order valence-corrected chi connectivity index (χ4v) is 2.61. The van der Waals surface area contributed by atoms with Gasteiger partial charge in [-0.1, -0.05) is 33.1 Å². The average molecular weight is 213 g/mol. The van der Waals surface area contributed by atoms with Gasteiger partial charge in [0.05, 0.1) is 6.61 Å². The molecule has 1 rings (SSSR count). The smallest absolute Gasteiger partial charge is 0.0587 e. The molecule has 1 fully saturated rings. The maximum atomic E-state index is 5.04. The monoisotopic (exact) mass is 213 g/mol. The van der Waals surface area contributed by atoms with Gasteiger partial charge in [-0.15, -0.1) is 0 Å². The van der Waals surface area contributed by atoms with Crippen LogP contribution in [0.25, 0.3) is 0 Å². The third-order valence-electron chi connectivity index (χ3n) is 3.77. The molecule has 0 atom stereocenters. The Bertz CT molecular complexity index is 162. The average Bonchev–Trinajstić information content (AvgIpc) is 2.26. The Hall–Kier alpha value is -0.0800. The van der Waals surface area contributed by atoms with E-state index in [1.54, 1.807) is 7.11 Å². The van der Waals surface area contributed by atoms with E-state index in [-0.39, 0.29) is 0 Å². The summed E-state index contributed by atoms with van der Waals surface area (Å²) in [6, 6.07) is 0. The highest BCUT2D eigenvalue weighted by Gasteiger charge is 2.29. The summed E-state index contributed by atoms with van der Waals surface area (Å²) >= 11 is 0. The molecule has 0 aliphatic heterocycles. The molecular formula is C13H27NO. The molecule has 0 aromatic rings. The van der Waals surface area contributed by atoms with Gasteiger partial charge in [0.1, 0.15) is 0 Å². The van der Waals surface area contributed by atoms with Gasteiger partial charge in [0.25, 0.3) is 0 Å². The topological polar surface area (TPSA) is 21.3 Å². The Morgan fingerprint density at radius 2 is 1.87 bits per heavy atom. The van der Waals surface area contributed by atoms with Gasteiger partial charge >= 0.3 is 0 Å². The second-order valence-electron chi connectivity index (χ2n) is 5.49. The van der Waals surface area contributed by atoms with Crippen LogP contribution in [0.15, 0.2) is 0 Å². The molecule has 0 radical (unpaired) electrons. The summed E-state index contributed by atoms with van der Waals surface area (Å²) < 4.78 is 5.04. The van der Waals surface area contributed by atoms with Crippen LogP contribution < -0.4 is 5.32 Å². The van der Waals surface area contributed by atoms with Crippen molar-refractivity contribution in [2.75, 3.05) is 26.8 Å². The van der Waals surface area contributed by atoms with E-state index in [4.69, 9.17) is 4.74 Å². The molecule has 1 aliphatic rings. The summed E-state index contributed by atoms with van der Waals surface area (Å²) in [6.45, 7) is 7.74. The molecule has 0 spiro atoms. The van der Waals surface area contributed by atoms with E-state index in [1.165, 1.54) is 32.1 Å². The molecular weight excluding hydrogens is 186 g/mol. The Morgan fingerprint density at radius 3 is 2.47 bits per heavy atom. The van der Waals surface area contributed by atoms with E-state index in [9.17, 15) is 0 Å². The lowest BCUT2D eigenvalue weighted by atomic mass is 9.71. The molecule has 90 valence electrons. The standard InChI is InChI=1S/C13H27NO/c1-13(2,11-14-9-10-15-3)12-7-5-4-6-8-12/h12,14H,4-11H2,1-3H3. The van der Waals surface area contributed by atoms with Gasteiger partial charge in [-0.25, -0.2) is 0 Å². The van der Waals surface area contributed by atoms with Gasteiger partial charge in [-0.05, 0) is 24.2 Å². The van der Waals surface area contributed by atoms with Crippen LogP contribution in [0.1, 0.15) is 46.0 Å². The quantitative estimate of drug-likeness (QED) is 0.685. The van der Waals surface area contributed by atoms with Crippen LogP contribution in [0.3, 0.4) is 0 Å². The van der Waals surface area contributed by atoms with Gasteiger partial charge in [-0.3, -0.25) is 0 Å². The molecule has 0 aromatic heterocycles. The summed E-state index contributed by atoms with van der Waals surface area (Å²) in [7, 11) is 1.76. The van der Waals surface area contributed by atoms with Crippen molar-refractivity contribution in [1.82, 2.24) is 5.32 Å². The summed E-state index contributed by atoms with van der Waals surface area (Å²) in [5, 5.41) is 3.50. The molecule has 0 amide bonds. The zero-order valence-electron chi connectivity index (χ0n) is 10.6. The third kappa shape index (κ3) is 4.52. The number of hydrogen-bond acceptors (Lipinski definition) is 2. The highest BCUT2D eigenvalue weighted by molar-refractivity contribution is 4.82. The van der Waals surface area contributed by atoms with Crippen molar-refractivity contribution in [3.8, 4) is 0 Å². The largest absolute Gasteiger partial charge is 0.383 e. The zero-order chi connectivity index (χ0) is 11.1. The van der Waals surface area contributed by atoms with Crippen molar-refractivity contribution in [2.45, 2.75) is 46.0 Å². The maximum Gasteiger partial charge on any atom is 0.0587 e. The van der Waals surface area contributed by atoms with Gasteiger partial charge in [0.2, 0.25) is 0 Å². The lowest BCUT2D eigenvalue weighted by Gasteiger charge is -2.37. The summed E-state index contributed by atoms with van der Waals surface area (Å²) in [4.78, 5) is 0. The van der Waals surface area contributed by atoms with Gasteiger partial charge < -0.3 is 10.1 Å². The van der Waals surface area contributed by atoms with Crippen molar-refractivity contribution in [2.24, 2.45) is 11.3 Å². The predicted molar refractivity (Wildman–Crippen MR) is 65.1 cm³/mol. The van der Waals surface area contributed by atoms with E-state index in [0.29, 0.717) is 5.41 Å². The van der Waals surface area contributed by atoms with E-state index in [2.05, 4.69) is 19.2 Å². The van der Waals surface area contributed by atoms with E-state index in [1.807, 2.05) is 0 Å². The molecule has 0 heterocycles. The van der Waals surface area contributed by atoms with E-state index in [0.717, 1.165) is 25.6 Å². The first-order chi connectivity index (χ1) is 7.17. The van der Waals surface area contributed by atoms with Crippen LogP contribution in [-0.2, 0) is 4.74 Å². The van der Waals surface area contributed by atoms with Crippen LogP contribution in [-0.4, -0.2) is 26.8 Å². The number of nitrogens with one attached hydrogen (secondary N) is 1. The Kier molecular flexibility index (Phi) is 5.62. The summed E-state index contributed by atoms with van der Waals surface area (Å²) in [6.07, 6.45) is 7.18. The SMILES string of the molecule is COCCNCC(C)(C)C1CCCCC1. The second kappa shape index (κ2) is 6.49. The molecule has 2 heteroatoms.